The molecule has 1 heterocycles. The second-order valence-corrected chi connectivity index (χ2v) is 5.56. The average molecular weight is 317 g/mol. The summed E-state index contributed by atoms with van der Waals surface area (Å²) in [5, 5.41) is 0. The number of methoxy groups -OCH3 is 1. The summed E-state index contributed by atoms with van der Waals surface area (Å²) in [5.41, 5.74) is 0.860. The molecule has 2 aromatic rings. The molecule has 0 bridgehead atoms. The van der Waals surface area contributed by atoms with Crippen molar-refractivity contribution in [3.05, 3.63) is 65.2 Å². The standard InChI is InChI=1S/C18H17F2NO2/c1-23-14-5-2-4-12(10-14)17-6-3-9-21(17)18(22)15-8-7-13(19)11-16(15)20/h2,4-5,7-8,10-11,17H,3,6,9H2,1H3. The molecule has 1 amide bonds. The predicted molar refractivity (Wildman–Crippen MR) is 82.4 cm³/mol. The van der Waals surface area contributed by atoms with Gasteiger partial charge in [-0.15, -0.1) is 0 Å². The lowest BCUT2D eigenvalue weighted by Gasteiger charge is -2.25. The van der Waals surface area contributed by atoms with Crippen molar-refractivity contribution in [2.45, 2.75) is 18.9 Å². The molecule has 3 rings (SSSR count). The fourth-order valence-corrected chi connectivity index (χ4v) is 3.02. The van der Waals surface area contributed by atoms with E-state index in [-0.39, 0.29) is 11.6 Å². The first-order valence-electron chi connectivity index (χ1n) is 7.50. The van der Waals surface area contributed by atoms with E-state index in [1.807, 2.05) is 24.3 Å². The molecular formula is C18H17F2NO2. The first-order valence-corrected chi connectivity index (χ1v) is 7.50. The van der Waals surface area contributed by atoms with E-state index in [0.29, 0.717) is 6.54 Å². The Hall–Kier alpha value is -2.43. The molecule has 1 aliphatic heterocycles. The van der Waals surface area contributed by atoms with Gasteiger partial charge < -0.3 is 9.64 Å². The quantitative estimate of drug-likeness (QED) is 0.858. The van der Waals surface area contributed by atoms with Gasteiger partial charge in [-0.05, 0) is 42.7 Å². The minimum absolute atomic E-state index is 0.0961. The summed E-state index contributed by atoms with van der Waals surface area (Å²) in [4.78, 5) is 14.3. The topological polar surface area (TPSA) is 29.5 Å². The number of carbonyl (C=O) groups excluding carboxylic acids is 1. The monoisotopic (exact) mass is 317 g/mol. The molecule has 0 radical (unpaired) electrons. The minimum atomic E-state index is -0.828. The van der Waals surface area contributed by atoms with E-state index in [1.54, 1.807) is 12.0 Å². The first kappa shape index (κ1) is 15.5. The highest BCUT2D eigenvalue weighted by Gasteiger charge is 2.32. The van der Waals surface area contributed by atoms with Gasteiger partial charge in [-0.1, -0.05) is 12.1 Å². The van der Waals surface area contributed by atoms with Crippen molar-refractivity contribution in [3.8, 4) is 5.75 Å². The van der Waals surface area contributed by atoms with E-state index in [4.69, 9.17) is 4.74 Å². The molecule has 0 spiro atoms. The van der Waals surface area contributed by atoms with Crippen LogP contribution in [0.3, 0.4) is 0 Å². The lowest BCUT2D eigenvalue weighted by Crippen LogP contribution is -2.31. The Labute approximate surface area is 133 Å². The van der Waals surface area contributed by atoms with Gasteiger partial charge in [0.15, 0.2) is 0 Å². The summed E-state index contributed by atoms with van der Waals surface area (Å²) in [6, 6.07) is 10.4. The van der Waals surface area contributed by atoms with Crippen LogP contribution in [0.5, 0.6) is 5.75 Å². The Kier molecular flexibility index (Phi) is 4.28. The van der Waals surface area contributed by atoms with Gasteiger partial charge in [-0.2, -0.15) is 0 Å². The molecule has 2 aromatic carbocycles. The van der Waals surface area contributed by atoms with Crippen molar-refractivity contribution < 1.29 is 18.3 Å². The van der Waals surface area contributed by atoms with E-state index in [2.05, 4.69) is 0 Å². The summed E-state index contributed by atoms with van der Waals surface area (Å²) < 4.78 is 32.2. The third kappa shape index (κ3) is 3.04. The van der Waals surface area contributed by atoms with Gasteiger partial charge >= 0.3 is 0 Å². The molecular weight excluding hydrogens is 300 g/mol. The second-order valence-electron chi connectivity index (χ2n) is 5.56. The molecule has 0 aliphatic carbocycles. The smallest absolute Gasteiger partial charge is 0.257 e. The number of amides is 1. The molecule has 5 heteroatoms. The van der Waals surface area contributed by atoms with E-state index < -0.39 is 17.5 Å². The summed E-state index contributed by atoms with van der Waals surface area (Å²) in [6.07, 6.45) is 1.65. The highest BCUT2D eigenvalue weighted by Crippen LogP contribution is 2.34. The molecule has 120 valence electrons. The van der Waals surface area contributed by atoms with Crippen LogP contribution in [0.15, 0.2) is 42.5 Å². The minimum Gasteiger partial charge on any atom is -0.497 e. The van der Waals surface area contributed by atoms with Crippen molar-refractivity contribution in [2.24, 2.45) is 0 Å². The number of halogens is 2. The highest BCUT2D eigenvalue weighted by molar-refractivity contribution is 5.95. The summed E-state index contributed by atoms with van der Waals surface area (Å²) in [7, 11) is 1.59. The maximum absolute atomic E-state index is 13.9. The molecule has 0 N–H and O–H groups in total. The first-order chi connectivity index (χ1) is 11.1. The lowest BCUT2D eigenvalue weighted by molar-refractivity contribution is 0.0730. The van der Waals surface area contributed by atoms with Crippen LogP contribution in [0.1, 0.15) is 34.8 Å². The number of rotatable bonds is 3. The summed E-state index contributed by atoms with van der Waals surface area (Å²) >= 11 is 0. The zero-order valence-corrected chi connectivity index (χ0v) is 12.8. The van der Waals surface area contributed by atoms with Gasteiger partial charge in [0.25, 0.3) is 5.91 Å². The van der Waals surface area contributed by atoms with Crippen molar-refractivity contribution in [3.63, 3.8) is 0 Å². The Morgan fingerprint density at radius 1 is 1.22 bits per heavy atom. The largest absolute Gasteiger partial charge is 0.497 e. The maximum atomic E-state index is 13.9. The number of hydrogen-bond donors (Lipinski definition) is 0. The maximum Gasteiger partial charge on any atom is 0.257 e. The molecule has 0 saturated carbocycles. The van der Waals surface area contributed by atoms with E-state index >= 15 is 0 Å². The Morgan fingerprint density at radius 3 is 2.78 bits per heavy atom. The van der Waals surface area contributed by atoms with Crippen LogP contribution in [0.25, 0.3) is 0 Å². The van der Waals surface area contributed by atoms with Crippen molar-refractivity contribution in [2.75, 3.05) is 13.7 Å². The van der Waals surface area contributed by atoms with Crippen molar-refractivity contribution in [1.29, 1.82) is 0 Å². The zero-order valence-electron chi connectivity index (χ0n) is 12.8. The zero-order chi connectivity index (χ0) is 16.4. The number of hydrogen-bond acceptors (Lipinski definition) is 2. The molecule has 1 fully saturated rings. The molecule has 1 saturated heterocycles. The Bertz CT molecular complexity index is 733. The molecule has 23 heavy (non-hydrogen) atoms. The number of likely N-dealkylation sites (tertiary alicyclic amines) is 1. The van der Waals surface area contributed by atoms with Crippen LogP contribution in [0, 0.1) is 11.6 Å². The van der Waals surface area contributed by atoms with Gasteiger partial charge in [-0.3, -0.25) is 4.79 Å². The third-order valence-corrected chi connectivity index (χ3v) is 4.15. The number of carbonyl (C=O) groups is 1. The fraction of sp³-hybridized carbons (Fsp3) is 0.278. The molecule has 1 aliphatic rings. The van der Waals surface area contributed by atoms with Crippen LogP contribution < -0.4 is 4.74 Å². The van der Waals surface area contributed by atoms with Crippen LogP contribution in [0.2, 0.25) is 0 Å². The summed E-state index contributed by atoms with van der Waals surface area (Å²) in [5.74, 6) is -1.21. The SMILES string of the molecule is COc1cccc(C2CCCN2C(=O)c2ccc(F)cc2F)c1. The van der Waals surface area contributed by atoms with E-state index in [9.17, 15) is 13.6 Å². The van der Waals surface area contributed by atoms with Crippen molar-refractivity contribution in [1.82, 2.24) is 4.90 Å². The van der Waals surface area contributed by atoms with E-state index in [0.717, 1.165) is 36.3 Å². The number of benzene rings is 2. The number of ether oxygens (including phenoxy) is 1. The summed E-state index contributed by atoms with van der Waals surface area (Å²) in [6.45, 7) is 0.553. The fourth-order valence-electron chi connectivity index (χ4n) is 3.02. The molecule has 1 atom stereocenters. The van der Waals surface area contributed by atoms with E-state index in [1.165, 1.54) is 6.07 Å². The molecule has 3 nitrogen and oxygen atoms in total. The van der Waals surface area contributed by atoms with Crippen LogP contribution in [-0.4, -0.2) is 24.5 Å². The second kappa shape index (κ2) is 6.36. The number of nitrogens with zero attached hydrogens (tertiary/aromatic N) is 1. The predicted octanol–water partition coefficient (Wildman–Crippen LogP) is 3.95. The van der Waals surface area contributed by atoms with Gasteiger partial charge in [0.2, 0.25) is 0 Å². The Morgan fingerprint density at radius 2 is 2.04 bits per heavy atom. The van der Waals surface area contributed by atoms with Crippen LogP contribution >= 0.6 is 0 Å². The third-order valence-electron chi connectivity index (χ3n) is 4.15. The molecule has 1 unspecified atom stereocenters. The van der Waals surface area contributed by atoms with Gasteiger partial charge in [0.05, 0.1) is 18.7 Å². The molecule has 0 aromatic heterocycles. The van der Waals surface area contributed by atoms with Crippen LogP contribution in [-0.2, 0) is 0 Å². The average Bonchev–Trinajstić information content (AvgIpc) is 3.04. The van der Waals surface area contributed by atoms with Crippen LogP contribution in [0.4, 0.5) is 8.78 Å². The Balaban J connectivity index is 1.90. The van der Waals surface area contributed by atoms with Gasteiger partial charge in [-0.25, -0.2) is 8.78 Å². The van der Waals surface area contributed by atoms with Gasteiger partial charge in [0.1, 0.15) is 17.4 Å². The van der Waals surface area contributed by atoms with Crippen molar-refractivity contribution >= 4 is 5.91 Å². The highest BCUT2D eigenvalue weighted by atomic mass is 19.1. The lowest BCUT2D eigenvalue weighted by atomic mass is 10.0. The van der Waals surface area contributed by atoms with Gasteiger partial charge in [0, 0.05) is 12.6 Å². The normalized spacial score (nSPS) is 17.3.